The van der Waals surface area contributed by atoms with E-state index in [0.717, 1.165) is 104 Å². The molecular formula is C137H86O2. The van der Waals surface area contributed by atoms with Crippen LogP contribution in [0.3, 0.4) is 0 Å². The third-order valence-electron chi connectivity index (χ3n) is 27.5. The zero-order valence-electron chi connectivity index (χ0n) is 98.2. The first-order valence-corrected chi connectivity index (χ1v) is 46.1. The molecule has 0 unspecified atom stereocenters. The molecule has 29 rings (SSSR count). The van der Waals surface area contributed by atoms with Crippen molar-refractivity contribution in [3.8, 4) is 122 Å². The second-order valence-corrected chi connectivity index (χ2v) is 35.0. The minimum Gasteiger partial charge on any atom is -0.456 e. The maximum Gasteiger partial charge on any atom is 0.136 e. The Morgan fingerprint density at radius 3 is 1.01 bits per heavy atom. The van der Waals surface area contributed by atoms with E-state index in [0.29, 0.717) is 106 Å². The molecule has 0 aliphatic heterocycles. The molecule has 26 aromatic carbocycles. The van der Waals surface area contributed by atoms with Gasteiger partial charge in [-0.25, -0.2) is 0 Å². The van der Waals surface area contributed by atoms with Gasteiger partial charge in [0.1, 0.15) is 22.3 Å². The second kappa shape index (κ2) is 33.5. The monoisotopic (exact) mass is 1790 g/mol. The molecule has 0 saturated carbocycles. The number of hydrogen-bond acceptors (Lipinski definition) is 2. The molecule has 0 amide bonds. The van der Waals surface area contributed by atoms with Crippen LogP contribution < -0.4 is 0 Å². The van der Waals surface area contributed by atoms with Crippen LogP contribution in [0.1, 0.15) is 44.0 Å². The molecule has 0 saturated heterocycles. The van der Waals surface area contributed by atoms with Crippen LogP contribution in [0.5, 0.6) is 0 Å². The third kappa shape index (κ3) is 13.5. The molecule has 2 heteroatoms. The highest BCUT2D eigenvalue weighted by atomic mass is 16.3. The minimum atomic E-state index is -0.437. The van der Waals surface area contributed by atoms with Gasteiger partial charge in [0, 0.05) is 21.5 Å². The highest BCUT2D eigenvalue weighted by molar-refractivity contribution is 6.30. The lowest BCUT2D eigenvalue weighted by atomic mass is 9.82. The van der Waals surface area contributed by atoms with Gasteiger partial charge >= 0.3 is 0 Å². The third-order valence-corrected chi connectivity index (χ3v) is 27.5. The summed E-state index contributed by atoms with van der Waals surface area (Å²) in [5.41, 5.74) is 19.8. The Labute approximate surface area is 837 Å². The Morgan fingerprint density at radius 2 is 0.482 bits per heavy atom. The SMILES string of the molecule is [2H]c1c([2H])c([2H])c2c(-c3cccc4c3-c3c(cccc3-c3cccc(-c5ccccc5)c3)C4)c3c([2H])c([2H])c([2H])c([2H])c3c(-c3ccccc3)c2c1[2H].[2H]c1c([2H])c([2H])c2c(-c3cccc4oc5cc(-c6cc7ccccc7c7ccccc67)ccc5c34)c3c([2H])c([2H])c([2H])c([2H])c3c(-c3ccccc3)c2c1[2H].[2H]c1c([2H])c([2H])c2c(-c3cccc4oc5ccc(-c6ccc7c(ccc8ccccc87)c6)cc5c34)c3c([2H])c([2H])c([2H])c([2H])c3c(-c3ccccc3)c2c1[2H]. The number of rotatable bonds is 10. The van der Waals surface area contributed by atoms with E-state index in [-0.39, 0.29) is 137 Å². The van der Waals surface area contributed by atoms with E-state index in [2.05, 4.69) is 146 Å². The van der Waals surface area contributed by atoms with Crippen molar-refractivity contribution in [1.82, 2.24) is 0 Å². The van der Waals surface area contributed by atoms with E-state index in [4.69, 9.17) is 25.3 Å². The normalized spacial score (nSPS) is 14.3. The Morgan fingerprint density at radius 1 is 0.151 bits per heavy atom. The molecule has 0 bridgehead atoms. The van der Waals surface area contributed by atoms with E-state index in [1.165, 1.54) is 16.2 Å². The van der Waals surface area contributed by atoms with E-state index in [1.54, 1.807) is 60.7 Å². The van der Waals surface area contributed by atoms with Gasteiger partial charge in [-0.3, -0.25) is 0 Å². The van der Waals surface area contributed by atoms with Gasteiger partial charge in [-0.15, -0.1) is 0 Å². The first-order valence-electron chi connectivity index (χ1n) is 58.1. The summed E-state index contributed by atoms with van der Waals surface area (Å²) in [4.78, 5) is 0. The van der Waals surface area contributed by atoms with Crippen molar-refractivity contribution >= 4 is 152 Å². The first kappa shape index (κ1) is 59.5. The Hall–Kier alpha value is -18.1. The quantitative estimate of drug-likeness (QED) is 0.101. The number of fused-ring (bicyclic) bond motifs is 21. The van der Waals surface area contributed by atoms with Crippen molar-refractivity contribution in [2.75, 3.05) is 0 Å². The van der Waals surface area contributed by atoms with E-state index < -0.39 is 72.5 Å². The van der Waals surface area contributed by atoms with Crippen LogP contribution in [0.4, 0.5) is 0 Å². The molecule has 1 aliphatic rings. The van der Waals surface area contributed by atoms with Crippen LogP contribution >= 0.6 is 0 Å². The van der Waals surface area contributed by atoms with E-state index in [1.807, 2.05) is 158 Å². The second-order valence-electron chi connectivity index (χ2n) is 35.0. The van der Waals surface area contributed by atoms with Gasteiger partial charge in [0.05, 0.1) is 32.9 Å². The van der Waals surface area contributed by atoms with Gasteiger partial charge < -0.3 is 8.83 Å². The summed E-state index contributed by atoms with van der Waals surface area (Å²) in [5.74, 6) is 0. The van der Waals surface area contributed by atoms with Gasteiger partial charge in [-0.1, -0.05) is 454 Å². The van der Waals surface area contributed by atoms with E-state index in [9.17, 15) is 16.4 Å². The summed E-state index contributed by atoms with van der Waals surface area (Å²) in [7, 11) is 0. The van der Waals surface area contributed by atoms with Crippen LogP contribution in [0.15, 0.2) is 518 Å². The molecule has 0 atom stereocenters. The Kier molecular flexibility index (Phi) is 14.4. The van der Waals surface area contributed by atoms with Crippen molar-refractivity contribution in [3.63, 3.8) is 0 Å². The fourth-order valence-electron chi connectivity index (χ4n) is 21.5. The predicted octanol–water partition coefficient (Wildman–Crippen LogP) is 38.6. The molecule has 2 nitrogen and oxygen atoms in total. The van der Waals surface area contributed by atoms with Crippen LogP contribution in [-0.4, -0.2) is 0 Å². The average molecular weight is 1790 g/mol. The standard InChI is InChI=1S/2C46H28O.C45H30/c1-2-12-30(13-3-1)44-36-15-6-8-17-38(36)45(39-18-9-7-16-37(39)44)40-19-10-20-43-46(40)41-28-32(24-26-42(41)47-43)31-23-25-35-33(27-31)22-21-29-11-4-5-14-34(29)35;1-2-13-29(14-3-1)44-35-19-8-10-21-37(35)45(38-22-11-9-20-36(38)44)40-23-12-24-42-46(40)39-26-25-31(28-43(39)47-42)41-27-30-15-4-5-16-32(30)33-17-6-7-18-34(33)41;1-3-14-30(15-4-1)32-18-11-19-33(28-32)36-26-12-20-34-29-35-21-13-27-41(44(35)43(34)36)45-39-24-9-7-22-37(39)42(31-16-5-2-6-17-31)38-23-8-10-25-40(38)45/h2*1-28H;1-28H,29H2/i6D,7D,8D,9D,15D,16D,17D,18D;8D,9D,10D,11D,19D,20D,21D,22D;7D,8D,9D,10D,22D,23D,24D,25D. The Balaban J connectivity index is 0.000000117. The van der Waals surface area contributed by atoms with Gasteiger partial charge in [-0.2, -0.15) is 0 Å². The van der Waals surface area contributed by atoms with Gasteiger partial charge in [-0.05, 0) is 302 Å². The maximum atomic E-state index is 9.41. The van der Waals surface area contributed by atoms with Crippen LogP contribution in [-0.2, 0) is 6.42 Å². The summed E-state index contributed by atoms with van der Waals surface area (Å²) in [6, 6.07) is 110. The summed E-state index contributed by atoms with van der Waals surface area (Å²) in [6.07, 6.45) is 0.638. The average Bonchev–Trinajstić information content (AvgIpc) is 1.63. The molecule has 139 heavy (non-hydrogen) atoms. The lowest BCUT2D eigenvalue weighted by Crippen LogP contribution is -1.94. The van der Waals surface area contributed by atoms with Crippen molar-refractivity contribution in [2.45, 2.75) is 6.42 Å². The number of hydrogen-bond donors (Lipinski definition) is 0. The molecule has 0 spiro atoms. The summed E-state index contributed by atoms with van der Waals surface area (Å²) >= 11 is 0. The highest BCUT2D eigenvalue weighted by Crippen LogP contribution is 2.55. The zero-order chi connectivity index (χ0) is 112. The molecule has 1 aliphatic carbocycles. The van der Waals surface area contributed by atoms with Crippen molar-refractivity contribution < 1.29 is 41.7 Å². The lowest BCUT2D eigenvalue weighted by Gasteiger charge is -2.20. The van der Waals surface area contributed by atoms with Crippen molar-refractivity contribution in [2.24, 2.45) is 0 Å². The van der Waals surface area contributed by atoms with Crippen LogP contribution in [0.2, 0.25) is 0 Å². The number of benzene rings is 26. The largest absolute Gasteiger partial charge is 0.456 e. The smallest absolute Gasteiger partial charge is 0.136 e. The molecule has 0 fully saturated rings. The van der Waals surface area contributed by atoms with Gasteiger partial charge in [0.2, 0.25) is 0 Å². The summed E-state index contributed by atoms with van der Waals surface area (Å²) < 4.78 is 230. The predicted molar refractivity (Wildman–Crippen MR) is 592 cm³/mol. The van der Waals surface area contributed by atoms with Crippen molar-refractivity contribution in [3.05, 3.63) is 520 Å². The van der Waals surface area contributed by atoms with Gasteiger partial charge in [0.15, 0.2) is 0 Å². The molecule has 0 radical (unpaired) electrons. The lowest BCUT2D eigenvalue weighted by molar-refractivity contribution is 0.668. The Bertz CT molecular complexity index is 11200. The molecular weight excluding hydrogens is 1680 g/mol. The summed E-state index contributed by atoms with van der Waals surface area (Å²) in [6.45, 7) is 0. The van der Waals surface area contributed by atoms with Crippen LogP contribution in [0.25, 0.3) is 274 Å². The first-order chi connectivity index (χ1) is 79.0. The maximum absolute atomic E-state index is 9.41. The van der Waals surface area contributed by atoms with Gasteiger partial charge in [0.25, 0.3) is 0 Å². The zero-order valence-corrected chi connectivity index (χ0v) is 74.2. The van der Waals surface area contributed by atoms with Crippen LogP contribution in [0, 0.1) is 0 Å². The fraction of sp³-hybridized carbons (Fsp3) is 0.00730. The van der Waals surface area contributed by atoms with E-state index >= 15 is 0 Å². The molecule has 28 aromatic rings. The molecule has 2 heterocycles. The summed E-state index contributed by atoms with van der Waals surface area (Å²) in [5, 5.41) is 14.3. The van der Waals surface area contributed by atoms with Crippen molar-refractivity contribution in [1.29, 1.82) is 0 Å². The fourth-order valence-corrected chi connectivity index (χ4v) is 21.5. The highest BCUT2D eigenvalue weighted by Gasteiger charge is 2.30. The topological polar surface area (TPSA) is 26.3 Å². The molecule has 0 N–H and O–H groups in total. The molecule has 646 valence electrons. The molecule has 2 aromatic heterocycles. The minimum absolute atomic E-state index is 0.169. The number of furan rings is 2.